The van der Waals surface area contributed by atoms with E-state index in [-0.39, 0.29) is 25.3 Å². The highest BCUT2D eigenvalue weighted by Gasteiger charge is 2.40. The van der Waals surface area contributed by atoms with Gasteiger partial charge in [-0.15, -0.1) is 0 Å². The molecular formula is C22H31FN4O5. The molecule has 0 aliphatic carbocycles. The second kappa shape index (κ2) is 9.51. The molecule has 0 aromatic carbocycles. The quantitative estimate of drug-likeness (QED) is 0.612. The zero-order valence-electron chi connectivity index (χ0n) is 18.8. The Bertz CT molecular complexity index is 967. The number of β-amino-alcohol motifs (C(OH)–C–C–N with tert-alkyl or cyclic N) is 1. The summed E-state index contributed by atoms with van der Waals surface area (Å²) in [7, 11) is 1.47. The minimum absolute atomic E-state index is 0.211. The summed E-state index contributed by atoms with van der Waals surface area (Å²) in [6.45, 7) is 6.04. The van der Waals surface area contributed by atoms with Crippen LogP contribution in [0, 0.1) is 5.82 Å². The number of aliphatic hydroxyl groups is 2. The van der Waals surface area contributed by atoms with E-state index in [4.69, 9.17) is 4.74 Å². The average Bonchev–Trinajstić information content (AvgIpc) is 2.72. The molecule has 32 heavy (non-hydrogen) atoms. The molecule has 3 N–H and O–H groups in total. The lowest BCUT2D eigenvalue weighted by atomic mass is 9.92. The number of aliphatic hydroxyl groups excluding tert-OH is 2. The lowest BCUT2D eigenvalue weighted by Crippen LogP contribution is -2.61. The number of carbonyl (C=O) groups is 1. The van der Waals surface area contributed by atoms with Crippen LogP contribution < -0.4 is 4.74 Å². The van der Waals surface area contributed by atoms with Crippen LogP contribution >= 0.6 is 0 Å². The Morgan fingerprint density at radius 3 is 2.69 bits per heavy atom. The second-order valence-electron chi connectivity index (χ2n) is 9.13. The first-order valence-electron chi connectivity index (χ1n) is 10.6. The van der Waals surface area contributed by atoms with Crippen molar-refractivity contribution >= 4 is 17.1 Å². The van der Waals surface area contributed by atoms with Crippen molar-refractivity contribution in [1.29, 1.82) is 0 Å². The number of hydrogen-bond donors (Lipinski definition) is 3. The summed E-state index contributed by atoms with van der Waals surface area (Å²) in [4.78, 5) is 23.4. The molecule has 176 valence electrons. The van der Waals surface area contributed by atoms with Crippen LogP contribution in [0.5, 0.6) is 5.88 Å². The molecule has 1 aliphatic heterocycles. The molecule has 2 aromatic rings. The number of carboxylic acid groups (broad SMARTS) is 1. The standard InChI is InChI=1S/C22H31FN4O5/c1-22(2,3)27(21(30)31)16-7-8-26(11-17(16)29)10-13(12-28)19-14(23)9-24-15-5-6-18(32-4)25-20(15)19/h5-6,9,13,16-17,28-29H,7-8,10-12H2,1-4H3,(H,30,31)/t13?,16-,17+/m1/s1. The van der Waals surface area contributed by atoms with E-state index in [1.165, 1.54) is 12.0 Å². The number of hydrogen-bond acceptors (Lipinski definition) is 7. The topological polar surface area (TPSA) is 119 Å². The maximum Gasteiger partial charge on any atom is 0.408 e. The van der Waals surface area contributed by atoms with Crippen molar-refractivity contribution in [2.45, 2.75) is 50.8 Å². The fraction of sp³-hybridized carbons (Fsp3) is 0.591. The fourth-order valence-corrected chi connectivity index (χ4v) is 4.48. The van der Waals surface area contributed by atoms with Gasteiger partial charge in [0.05, 0.1) is 43.1 Å². The number of rotatable bonds is 6. The summed E-state index contributed by atoms with van der Waals surface area (Å²) in [5, 5.41) is 30.5. The van der Waals surface area contributed by atoms with Gasteiger partial charge in [0.2, 0.25) is 5.88 Å². The molecule has 0 spiro atoms. The van der Waals surface area contributed by atoms with Crippen molar-refractivity contribution in [1.82, 2.24) is 19.8 Å². The summed E-state index contributed by atoms with van der Waals surface area (Å²) in [5.74, 6) is -0.866. The summed E-state index contributed by atoms with van der Waals surface area (Å²) in [5.41, 5.74) is 0.400. The van der Waals surface area contributed by atoms with Gasteiger partial charge in [0.25, 0.3) is 0 Å². The lowest BCUT2D eigenvalue weighted by Gasteiger charge is -2.46. The minimum atomic E-state index is -1.08. The highest BCUT2D eigenvalue weighted by atomic mass is 19.1. The highest BCUT2D eigenvalue weighted by molar-refractivity contribution is 5.79. The SMILES string of the molecule is COc1ccc2ncc(F)c(C(CO)CN3CC[C@@H](N(C(=O)O)C(C)(C)C)[C@@H](O)C3)c2n1. The number of likely N-dealkylation sites (tertiary alicyclic amines) is 1. The number of aromatic nitrogens is 2. The molecule has 1 aliphatic rings. The molecule has 1 unspecified atom stereocenters. The van der Waals surface area contributed by atoms with E-state index in [2.05, 4.69) is 9.97 Å². The van der Waals surface area contributed by atoms with Crippen molar-refractivity contribution in [2.24, 2.45) is 0 Å². The number of piperidine rings is 1. The van der Waals surface area contributed by atoms with Crippen molar-refractivity contribution in [2.75, 3.05) is 33.4 Å². The summed E-state index contributed by atoms with van der Waals surface area (Å²) < 4.78 is 20.0. The summed E-state index contributed by atoms with van der Waals surface area (Å²) >= 11 is 0. The van der Waals surface area contributed by atoms with E-state index >= 15 is 0 Å². The molecule has 3 rings (SSSR count). The smallest absolute Gasteiger partial charge is 0.408 e. The van der Waals surface area contributed by atoms with Gasteiger partial charge >= 0.3 is 6.09 Å². The van der Waals surface area contributed by atoms with Crippen molar-refractivity contribution < 1.29 is 29.2 Å². The molecule has 10 heteroatoms. The predicted octanol–water partition coefficient (Wildman–Crippen LogP) is 2.07. The largest absolute Gasteiger partial charge is 0.481 e. The fourth-order valence-electron chi connectivity index (χ4n) is 4.48. The maximum absolute atomic E-state index is 14.8. The third-order valence-electron chi connectivity index (χ3n) is 5.89. The first-order valence-corrected chi connectivity index (χ1v) is 10.6. The van der Waals surface area contributed by atoms with E-state index < -0.39 is 35.5 Å². The van der Waals surface area contributed by atoms with Gasteiger partial charge in [-0.25, -0.2) is 14.2 Å². The van der Waals surface area contributed by atoms with Gasteiger partial charge in [0.15, 0.2) is 0 Å². The Morgan fingerprint density at radius 1 is 1.41 bits per heavy atom. The van der Waals surface area contributed by atoms with Gasteiger partial charge in [-0.1, -0.05) is 0 Å². The lowest BCUT2D eigenvalue weighted by molar-refractivity contribution is -0.0369. The highest BCUT2D eigenvalue weighted by Crippen LogP contribution is 2.30. The van der Waals surface area contributed by atoms with Crippen molar-refractivity contribution in [3.63, 3.8) is 0 Å². The number of methoxy groups -OCH3 is 1. The van der Waals surface area contributed by atoms with Crippen LogP contribution in [0.3, 0.4) is 0 Å². The van der Waals surface area contributed by atoms with Gasteiger partial charge in [-0.3, -0.25) is 14.8 Å². The van der Waals surface area contributed by atoms with Crippen molar-refractivity contribution in [3.05, 3.63) is 29.7 Å². The third kappa shape index (κ3) is 4.92. The van der Waals surface area contributed by atoms with Crippen molar-refractivity contribution in [3.8, 4) is 5.88 Å². The van der Waals surface area contributed by atoms with Crippen LogP contribution in [0.25, 0.3) is 11.0 Å². The van der Waals surface area contributed by atoms with Crippen LogP contribution in [0.1, 0.15) is 38.7 Å². The van der Waals surface area contributed by atoms with E-state index in [1.807, 2.05) is 4.90 Å². The van der Waals surface area contributed by atoms with Gasteiger partial charge in [-0.2, -0.15) is 0 Å². The molecule has 2 aromatic heterocycles. The predicted molar refractivity (Wildman–Crippen MR) is 116 cm³/mol. The summed E-state index contributed by atoms with van der Waals surface area (Å²) in [6, 6.07) is 2.77. The monoisotopic (exact) mass is 450 g/mol. The zero-order valence-corrected chi connectivity index (χ0v) is 18.8. The van der Waals surface area contributed by atoms with Gasteiger partial charge in [0.1, 0.15) is 5.82 Å². The molecule has 3 heterocycles. The Labute approximate surface area is 186 Å². The van der Waals surface area contributed by atoms with E-state index in [9.17, 15) is 24.5 Å². The second-order valence-corrected chi connectivity index (χ2v) is 9.13. The molecule has 0 saturated carbocycles. The molecule has 1 saturated heterocycles. The van der Waals surface area contributed by atoms with Gasteiger partial charge in [0, 0.05) is 42.7 Å². The molecule has 3 atom stereocenters. The Kier molecular flexibility index (Phi) is 7.16. The normalized spacial score (nSPS) is 20.8. The van der Waals surface area contributed by atoms with Crippen LogP contribution in [0.15, 0.2) is 18.3 Å². The Hall–Kier alpha value is -2.56. The Balaban J connectivity index is 1.82. The zero-order chi connectivity index (χ0) is 23.6. The number of fused-ring (bicyclic) bond motifs is 1. The van der Waals surface area contributed by atoms with Gasteiger partial charge < -0.3 is 20.1 Å². The third-order valence-corrected chi connectivity index (χ3v) is 5.89. The number of pyridine rings is 2. The molecule has 9 nitrogen and oxygen atoms in total. The first kappa shape index (κ1) is 24.1. The van der Waals surface area contributed by atoms with Crippen LogP contribution in [0.2, 0.25) is 0 Å². The molecular weight excluding hydrogens is 419 g/mol. The van der Waals surface area contributed by atoms with Gasteiger partial charge in [-0.05, 0) is 33.3 Å². The molecule has 0 bridgehead atoms. The minimum Gasteiger partial charge on any atom is -0.481 e. The number of ether oxygens (including phenoxy) is 1. The molecule has 1 fully saturated rings. The Morgan fingerprint density at radius 2 is 2.12 bits per heavy atom. The molecule has 0 radical (unpaired) electrons. The van der Waals surface area contributed by atoms with Crippen LogP contribution in [-0.4, -0.2) is 92.2 Å². The number of halogens is 1. The maximum atomic E-state index is 14.8. The van der Waals surface area contributed by atoms with E-state index in [0.29, 0.717) is 29.9 Å². The average molecular weight is 451 g/mol. The molecule has 1 amide bonds. The van der Waals surface area contributed by atoms with Crippen LogP contribution in [-0.2, 0) is 0 Å². The number of amides is 1. The van der Waals surface area contributed by atoms with E-state index in [0.717, 1.165) is 6.20 Å². The summed E-state index contributed by atoms with van der Waals surface area (Å²) in [6.07, 6.45) is -0.442. The number of nitrogens with zero attached hydrogens (tertiary/aromatic N) is 4. The van der Waals surface area contributed by atoms with Crippen LogP contribution in [0.4, 0.5) is 9.18 Å². The van der Waals surface area contributed by atoms with E-state index in [1.54, 1.807) is 32.9 Å². The first-order chi connectivity index (χ1) is 15.1.